The molecule has 0 spiro atoms. The maximum absolute atomic E-state index is 12.3. The van der Waals surface area contributed by atoms with Crippen molar-refractivity contribution in [3.8, 4) is 0 Å². The molecule has 0 saturated heterocycles. The number of Topliss-reactive ketones (excluding diaryl/α,β-unsaturated/α-hetero) is 1. The summed E-state index contributed by atoms with van der Waals surface area (Å²) in [5.74, 6) is -0.0400. The Labute approximate surface area is 200 Å². The molecular formula is C26H45NO5S. The fourth-order valence-corrected chi connectivity index (χ4v) is 5.32. The van der Waals surface area contributed by atoms with E-state index in [0.717, 1.165) is 32.1 Å². The van der Waals surface area contributed by atoms with Gasteiger partial charge in [0.25, 0.3) is 0 Å². The van der Waals surface area contributed by atoms with Crippen molar-refractivity contribution in [2.75, 3.05) is 18.1 Å². The molecule has 0 heterocycles. The molecule has 4 N–H and O–H groups in total. The second-order valence-corrected chi connectivity index (χ2v) is 11.2. The van der Waals surface area contributed by atoms with Crippen LogP contribution in [0.2, 0.25) is 0 Å². The molecule has 33 heavy (non-hydrogen) atoms. The van der Waals surface area contributed by atoms with E-state index < -0.39 is 22.5 Å². The molecule has 1 aromatic carbocycles. The summed E-state index contributed by atoms with van der Waals surface area (Å²) in [6.45, 7) is -0.475. The van der Waals surface area contributed by atoms with Gasteiger partial charge in [-0.3, -0.25) is 4.79 Å². The van der Waals surface area contributed by atoms with Gasteiger partial charge in [-0.2, -0.15) is 0 Å². The third-order valence-corrected chi connectivity index (χ3v) is 7.94. The van der Waals surface area contributed by atoms with Gasteiger partial charge in [-0.25, -0.2) is 8.42 Å². The molecule has 7 heteroatoms. The van der Waals surface area contributed by atoms with E-state index in [1.807, 2.05) is 0 Å². The number of hydrogen-bond acceptors (Lipinski definition) is 6. The molecule has 0 aliphatic carbocycles. The number of aliphatic hydroxyl groups excluding tert-OH is 2. The zero-order chi connectivity index (χ0) is 24.4. The fourth-order valence-electron chi connectivity index (χ4n) is 3.95. The fraction of sp³-hybridized carbons (Fsp3) is 0.731. The van der Waals surface area contributed by atoms with Crippen LogP contribution in [0.25, 0.3) is 0 Å². The van der Waals surface area contributed by atoms with Gasteiger partial charge in [-0.1, -0.05) is 83.5 Å². The Bertz CT molecular complexity index is 734. The number of unbranched alkanes of at least 4 members (excludes halogenated alkanes) is 14. The number of rotatable bonds is 21. The van der Waals surface area contributed by atoms with E-state index in [2.05, 4.69) is 0 Å². The summed E-state index contributed by atoms with van der Waals surface area (Å²) >= 11 is 0. The molecule has 1 atom stereocenters. The van der Waals surface area contributed by atoms with Crippen LogP contribution in [0, 0.1) is 0 Å². The maximum atomic E-state index is 12.3. The first kappa shape index (κ1) is 29.6. The van der Waals surface area contributed by atoms with Crippen molar-refractivity contribution < 1.29 is 23.4 Å². The molecule has 0 radical (unpaired) electrons. The molecule has 0 bridgehead atoms. The summed E-state index contributed by atoms with van der Waals surface area (Å²) < 4.78 is 24.6. The van der Waals surface area contributed by atoms with Gasteiger partial charge in [-0.05, 0) is 37.1 Å². The number of anilines is 1. The number of ketones is 1. The van der Waals surface area contributed by atoms with Crippen LogP contribution < -0.4 is 5.73 Å². The van der Waals surface area contributed by atoms with Crippen LogP contribution in [0.3, 0.4) is 0 Å². The number of hydrogen-bond donors (Lipinski definition) is 3. The molecule has 0 fully saturated rings. The number of sulfone groups is 1. The highest BCUT2D eigenvalue weighted by Crippen LogP contribution is 2.17. The monoisotopic (exact) mass is 483 g/mol. The predicted octanol–water partition coefficient (Wildman–Crippen LogP) is 5.21. The van der Waals surface area contributed by atoms with Crippen molar-refractivity contribution in [1.82, 2.24) is 0 Å². The highest BCUT2D eigenvalue weighted by Gasteiger charge is 2.13. The predicted molar refractivity (Wildman–Crippen MR) is 135 cm³/mol. The van der Waals surface area contributed by atoms with Crippen LogP contribution in [-0.4, -0.2) is 42.9 Å². The van der Waals surface area contributed by atoms with E-state index in [1.165, 1.54) is 57.8 Å². The van der Waals surface area contributed by atoms with Crippen molar-refractivity contribution in [1.29, 1.82) is 0 Å². The van der Waals surface area contributed by atoms with Gasteiger partial charge in [0.15, 0.2) is 15.6 Å². The van der Waals surface area contributed by atoms with Crippen molar-refractivity contribution in [2.45, 2.75) is 114 Å². The minimum atomic E-state index is -3.19. The number of nitrogen functional groups attached to an aromatic ring is 1. The second-order valence-electron chi connectivity index (χ2n) is 9.11. The lowest BCUT2D eigenvalue weighted by atomic mass is 10.0. The van der Waals surface area contributed by atoms with Crippen LogP contribution in [0.15, 0.2) is 29.2 Å². The van der Waals surface area contributed by atoms with Crippen molar-refractivity contribution >= 4 is 21.3 Å². The Kier molecular flexibility index (Phi) is 16.1. The Morgan fingerprint density at radius 3 is 1.55 bits per heavy atom. The zero-order valence-electron chi connectivity index (χ0n) is 20.2. The minimum Gasteiger partial charge on any atom is -0.399 e. The molecule has 1 aromatic rings. The topological polar surface area (TPSA) is 118 Å². The van der Waals surface area contributed by atoms with E-state index in [0.29, 0.717) is 23.4 Å². The Morgan fingerprint density at radius 2 is 1.12 bits per heavy atom. The normalized spacial score (nSPS) is 12.7. The van der Waals surface area contributed by atoms with Crippen molar-refractivity contribution in [3.05, 3.63) is 24.3 Å². The Morgan fingerprint density at radius 1 is 0.727 bits per heavy atom. The largest absolute Gasteiger partial charge is 0.399 e. The van der Waals surface area contributed by atoms with Crippen LogP contribution in [0.4, 0.5) is 5.69 Å². The van der Waals surface area contributed by atoms with Crippen molar-refractivity contribution in [3.63, 3.8) is 0 Å². The van der Waals surface area contributed by atoms with Crippen LogP contribution in [0.5, 0.6) is 0 Å². The van der Waals surface area contributed by atoms with Gasteiger partial charge >= 0.3 is 0 Å². The first-order valence-corrected chi connectivity index (χ1v) is 14.4. The lowest BCUT2D eigenvalue weighted by molar-refractivity contribution is -0.129. The molecule has 1 unspecified atom stereocenters. The number of benzene rings is 1. The smallest absolute Gasteiger partial charge is 0.178 e. The highest BCUT2D eigenvalue weighted by molar-refractivity contribution is 7.91. The standard InChI is InChI=1S/C26H45NO5S/c27-23-17-19-24(20-18-23)33(31,32)21-15-13-11-9-7-5-3-1-2-4-6-8-10-12-14-16-25(29)26(30)22-28/h17-20,26,28,30H,1-16,21-22,27H2. The summed E-state index contributed by atoms with van der Waals surface area (Å²) in [4.78, 5) is 11.7. The quantitative estimate of drug-likeness (QED) is 0.163. The summed E-state index contributed by atoms with van der Waals surface area (Å²) in [7, 11) is -3.19. The lowest BCUT2D eigenvalue weighted by Crippen LogP contribution is -2.23. The van der Waals surface area contributed by atoms with E-state index in [1.54, 1.807) is 24.3 Å². The average molecular weight is 484 g/mol. The maximum Gasteiger partial charge on any atom is 0.178 e. The van der Waals surface area contributed by atoms with Crippen molar-refractivity contribution in [2.24, 2.45) is 0 Å². The summed E-state index contributed by atoms with van der Waals surface area (Å²) in [5.41, 5.74) is 6.19. The van der Waals surface area contributed by atoms with Crippen LogP contribution in [-0.2, 0) is 14.6 Å². The molecule has 0 saturated carbocycles. The summed E-state index contributed by atoms with van der Waals surface area (Å²) in [5, 5.41) is 17.9. The van der Waals surface area contributed by atoms with Gasteiger partial charge in [0.2, 0.25) is 0 Å². The SMILES string of the molecule is Nc1ccc(S(=O)(=O)CCCCCCCCCCCCCCCCCC(=O)C(O)CO)cc1. The third kappa shape index (κ3) is 14.4. The molecule has 0 aliphatic rings. The molecule has 1 rings (SSSR count). The second kappa shape index (κ2) is 18.0. The van der Waals surface area contributed by atoms with E-state index in [-0.39, 0.29) is 11.5 Å². The third-order valence-electron chi connectivity index (χ3n) is 6.12. The molecule has 0 aliphatic heterocycles. The highest BCUT2D eigenvalue weighted by atomic mass is 32.2. The van der Waals surface area contributed by atoms with Gasteiger partial charge in [-0.15, -0.1) is 0 Å². The Balaban J connectivity index is 1.84. The van der Waals surface area contributed by atoms with Gasteiger partial charge in [0.1, 0.15) is 6.10 Å². The molecule has 190 valence electrons. The summed E-state index contributed by atoms with van der Waals surface area (Å²) in [6.07, 6.45) is 16.1. The average Bonchev–Trinajstić information content (AvgIpc) is 2.80. The number of carbonyl (C=O) groups excluding carboxylic acids is 1. The van der Waals surface area contributed by atoms with Gasteiger partial charge < -0.3 is 15.9 Å². The number of nitrogens with two attached hydrogens (primary N) is 1. The molecule has 0 aromatic heterocycles. The van der Waals surface area contributed by atoms with Gasteiger partial charge in [0, 0.05) is 12.1 Å². The molecule has 6 nitrogen and oxygen atoms in total. The summed E-state index contributed by atoms with van der Waals surface area (Å²) in [6, 6.07) is 6.44. The minimum absolute atomic E-state index is 0.210. The molecule has 0 amide bonds. The first-order chi connectivity index (χ1) is 15.9. The van der Waals surface area contributed by atoms with E-state index >= 15 is 0 Å². The first-order valence-electron chi connectivity index (χ1n) is 12.8. The van der Waals surface area contributed by atoms with Crippen LogP contribution in [0.1, 0.15) is 103 Å². The Hall–Kier alpha value is -1.44. The van der Waals surface area contributed by atoms with E-state index in [9.17, 15) is 18.3 Å². The van der Waals surface area contributed by atoms with Gasteiger partial charge in [0.05, 0.1) is 17.3 Å². The van der Waals surface area contributed by atoms with E-state index in [4.69, 9.17) is 10.8 Å². The molecular weight excluding hydrogens is 438 g/mol. The number of carbonyl (C=O) groups is 1. The zero-order valence-corrected chi connectivity index (χ0v) is 21.0. The number of aliphatic hydroxyl groups is 2. The lowest BCUT2D eigenvalue weighted by Gasteiger charge is -2.06. The van der Waals surface area contributed by atoms with Crippen LogP contribution >= 0.6 is 0 Å².